The summed E-state index contributed by atoms with van der Waals surface area (Å²) in [7, 11) is 0. The van der Waals surface area contributed by atoms with E-state index in [2.05, 4.69) is 5.32 Å². The summed E-state index contributed by atoms with van der Waals surface area (Å²) in [5.41, 5.74) is 0.726. The van der Waals surface area contributed by atoms with Gasteiger partial charge in [0.2, 0.25) is 0 Å². The first-order valence-corrected chi connectivity index (χ1v) is 7.64. The van der Waals surface area contributed by atoms with E-state index in [1.165, 1.54) is 18.2 Å². The molecule has 0 radical (unpaired) electrons. The number of anilines is 1. The van der Waals surface area contributed by atoms with Crippen LogP contribution in [-0.2, 0) is 9.59 Å². The van der Waals surface area contributed by atoms with Crippen LogP contribution in [0.3, 0.4) is 0 Å². The predicted molar refractivity (Wildman–Crippen MR) is 91.9 cm³/mol. The van der Waals surface area contributed by atoms with Crippen molar-refractivity contribution in [2.75, 3.05) is 4.90 Å². The number of rotatable bonds is 2. The number of imide groups is 2. The Morgan fingerprint density at radius 2 is 1.62 bits per heavy atom. The van der Waals surface area contributed by atoms with Crippen LogP contribution in [0.25, 0.3) is 6.08 Å². The molecule has 0 spiro atoms. The van der Waals surface area contributed by atoms with Crippen molar-refractivity contribution >= 4 is 52.8 Å². The maximum Gasteiger partial charge on any atom is 0.335 e. The molecule has 1 saturated heterocycles. The van der Waals surface area contributed by atoms with Gasteiger partial charge in [0, 0.05) is 10.0 Å². The fourth-order valence-electron chi connectivity index (χ4n) is 2.25. The molecule has 0 aliphatic carbocycles. The van der Waals surface area contributed by atoms with Crippen LogP contribution in [-0.4, -0.2) is 17.8 Å². The second kappa shape index (κ2) is 6.47. The summed E-state index contributed by atoms with van der Waals surface area (Å²) < 4.78 is 0. The summed E-state index contributed by atoms with van der Waals surface area (Å²) in [6.45, 7) is 0. The minimum atomic E-state index is -0.810. The maximum absolute atomic E-state index is 12.6. The average Bonchev–Trinajstić information content (AvgIpc) is 2.53. The molecule has 5 nitrogen and oxygen atoms in total. The van der Waals surface area contributed by atoms with Crippen LogP contribution >= 0.6 is 23.2 Å². The summed E-state index contributed by atoms with van der Waals surface area (Å²) in [5, 5.41) is 3.09. The lowest BCUT2D eigenvalue weighted by molar-refractivity contribution is -0.122. The van der Waals surface area contributed by atoms with Crippen molar-refractivity contribution in [1.82, 2.24) is 5.32 Å². The van der Waals surface area contributed by atoms with Crippen LogP contribution in [0, 0.1) is 0 Å². The van der Waals surface area contributed by atoms with Crippen molar-refractivity contribution in [1.29, 1.82) is 0 Å². The van der Waals surface area contributed by atoms with Crippen molar-refractivity contribution < 1.29 is 14.4 Å². The lowest BCUT2D eigenvalue weighted by Crippen LogP contribution is -2.54. The molecule has 1 aliphatic rings. The summed E-state index contributed by atoms with van der Waals surface area (Å²) in [6, 6.07) is 12.0. The summed E-state index contributed by atoms with van der Waals surface area (Å²) in [5.74, 6) is -1.47. The van der Waals surface area contributed by atoms with Gasteiger partial charge >= 0.3 is 6.03 Å². The molecule has 0 unspecified atom stereocenters. The molecule has 1 heterocycles. The Morgan fingerprint density at radius 3 is 2.29 bits per heavy atom. The van der Waals surface area contributed by atoms with Crippen molar-refractivity contribution in [3.63, 3.8) is 0 Å². The topological polar surface area (TPSA) is 66.5 Å². The van der Waals surface area contributed by atoms with Gasteiger partial charge in [-0.05, 0) is 48.0 Å². The van der Waals surface area contributed by atoms with Crippen molar-refractivity contribution in [3.8, 4) is 0 Å². The summed E-state index contributed by atoms with van der Waals surface area (Å²) in [4.78, 5) is 37.6. The number of carbonyl (C=O) groups excluding carboxylic acids is 3. The number of nitrogens with zero attached hydrogens (tertiary/aromatic N) is 1. The van der Waals surface area contributed by atoms with Gasteiger partial charge in [-0.2, -0.15) is 0 Å². The van der Waals surface area contributed by atoms with Gasteiger partial charge in [0.25, 0.3) is 11.8 Å². The lowest BCUT2D eigenvalue weighted by Gasteiger charge is -2.26. The van der Waals surface area contributed by atoms with Gasteiger partial charge in [-0.25, -0.2) is 9.69 Å². The number of urea groups is 1. The summed E-state index contributed by atoms with van der Waals surface area (Å²) in [6.07, 6.45) is 1.39. The van der Waals surface area contributed by atoms with Gasteiger partial charge in [0.05, 0.1) is 5.69 Å². The monoisotopic (exact) mass is 360 g/mol. The van der Waals surface area contributed by atoms with Crippen LogP contribution in [0.15, 0.2) is 54.1 Å². The van der Waals surface area contributed by atoms with E-state index >= 15 is 0 Å². The van der Waals surface area contributed by atoms with Crippen molar-refractivity contribution in [2.24, 2.45) is 0 Å². The normalized spacial score (nSPS) is 16.5. The molecule has 4 amide bonds. The first-order valence-electron chi connectivity index (χ1n) is 6.88. The summed E-state index contributed by atoms with van der Waals surface area (Å²) >= 11 is 11.7. The molecule has 0 saturated carbocycles. The first-order chi connectivity index (χ1) is 11.5. The number of hydrogen-bond acceptors (Lipinski definition) is 3. The molecule has 2 aromatic carbocycles. The predicted octanol–water partition coefficient (Wildman–Crippen LogP) is 3.66. The van der Waals surface area contributed by atoms with E-state index in [4.69, 9.17) is 23.2 Å². The molecular formula is C17H10Cl2N2O3. The van der Waals surface area contributed by atoms with Gasteiger partial charge in [-0.1, -0.05) is 35.3 Å². The highest BCUT2D eigenvalue weighted by Gasteiger charge is 2.36. The van der Waals surface area contributed by atoms with Crippen LogP contribution in [0.4, 0.5) is 10.5 Å². The van der Waals surface area contributed by atoms with Crippen LogP contribution in [0.1, 0.15) is 5.56 Å². The average molecular weight is 361 g/mol. The molecular weight excluding hydrogens is 351 g/mol. The Balaban J connectivity index is 2.01. The zero-order valence-corrected chi connectivity index (χ0v) is 13.6. The first kappa shape index (κ1) is 16.2. The van der Waals surface area contributed by atoms with E-state index in [9.17, 15) is 14.4 Å². The Bertz CT molecular complexity index is 876. The third-order valence-corrected chi connectivity index (χ3v) is 3.83. The molecule has 3 rings (SSSR count). The standard InChI is InChI=1S/C17H10Cl2N2O3/c18-11-4-6-13(7-5-11)21-16(23)14(15(22)20-17(21)24)9-10-2-1-3-12(19)8-10/h1-9H,(H,20,22,24). The van der Waals surface area contributed by atoms with Crippen LogP contribution in [0.2, 0.25) is 10.0 Å². The minimum absolute atomic E-state index is 0.160. The molecule has 0 aromatic heterocycles. The Kier molecular flexibility index (Phi) is 4.38. The number of hydrogen-bond donors (Lipinski definition) is 1. The van der Waals surface area contributed by atoms with E-state index in [1.807, 2.05) is 0 Å². The second-order valence-corrected chi connectivity index (χ2v) is 5.86. The number of amides is 4. The Hall–Kier alpha value is -2.63. The van der Waals surface area contributed by atoms with Crippen molar-refractivity contribution in [3.05, 3.63) is 69.7 Å². The third kappa shape index (κ3) is 3.18. The zero-order valence-electron chi connectivity index (χ0n) is 12.1. The second-order valence-electron chi connectivity index (χ2n) is 4.99. The van der Waals surface area contributed by atoms with E-state index in [0.29, 0.717) is 21.3 Å². The van der Waals surface area contributed by atoms with Crippen LogP contribution in [0.5, 0.6) is 0 Å². The number of benzene rings is 2. The molecule has 120 valence electrons. The van der Waals surface area contributed by atoms with Gasteiger partial charge < -0.3 is 0 Å². The van der Waals surface area contributed by atoms with E-state index in [1.54, 1.807) is 36.4 Å². The van der Waals surface area contributed by atoms with Gasteiger partial charge in [-0.15, -0.1) is 0 Å². The largest absolute Gasteiger partial charge is 0.335 e. The molecule has 0 bridgehead atoms. The SMILES string of the molecule is O=C1NC(=O)N(c2ccc(Cl)cc2)C(=O)C1=Cc1cccc(Cl)c1. The Labute approximate surface area is 147 Å². The molecule has 1 aliphatic heterocycles. The van der Waals surface area contributed by atoms with Gasteiger partial charge in [-0.3, -0.25) is 14.9 Å². The van der Waals surface area contributed by atoms with Crippen molar-refractivity contribution in [2.45, 2.75) is 0 Å². The highest BCUT2D eigenvalue weighted by molar-refractivity contribution is 6.39. The lowest BCUT2D eigenvalue weighted by atomic mass is 10.1. The van der Waals surface area contributed by atoms with Gasteiger partial charge in [0.1, 0.15) is 5.57 Å². The fourth-order valence-corrected chi connectivity index (χ4v) is 2.57. The Morgan fingerprint density at radius 1 is 0.917 bits per heavy atom. The zero-order chi connectivity index (χ0) is 17.3. The molecule has 1 N–H and O–H groups in total. The molecule has 7 heteroatoms. The van der Waals surface area contributed by atoms with E-state index in [-0.39, 0.29) is 5.57 Å². The van der Waals surface area contributed by atoms with Crippen LogP contribution < -0.4 is 10.2 Å². The number of barbiturate groups is 1. The van der Waals surface area contributed by atoms with Gasteiger partial charge in [0.15, 0.2) is 0 Å². The number of nitrogens with one attached hydrogen (secondary N) is 1. The minimum Gasteiger partial charge on any atom is -0.273 e. The smallest absolute Gasteiger partial charge is 0.273 e. The maximum atomic E-state index is 12.6. The third-order valence-electron chi connectivity index (χ3n) is 3.35. The molecule has 0 atom stereocenters. The fraction of sp³-hybridized carbons (Fsp3) is 0. The van der Waals surface area contributed by atoms with E-state index < -0.39 is 17.8 Å². The number of halogens is 2. The molecule has 1 fully saturated rings. The highest BCUT2D eigenvalue weighted by Crippen LogP contribution is 2.24. The molecule has 2 aromatic rings. The molecule has 24 heavy (non-hydrogen) atoms. The quantitative estimate of drug-likeness (QED) is 0.656. The highest BCUT2D eigenvalue weighted by atomic mass is 35.5. The van der Waals surface area contributed by atoms with E-state index in [0.717, 1.165) is 4.90 Å². The number of carbonyl (C=O) groups is 3.